The molecule has 1 aliphatic heterocycles. The van der Waals surface area contributed by atoms with E-state index >= 15 is 0 Å². The van der Waals surface area contributed by atoms with E-state index in [4.69, 9.17) is 0 Å². The molecule has 1 unspecified atom stereocenters. The van der Waals surface area contributed by atoms with E-state index in [1.54, 1.807) is 4.90 Å². The Labute approximate surface area is 173 Å². The topological polar surface area (TPSA) is 62.5 Å². The van der Waals surface area contributed by atoms with Crippen LogP contribution in [0.2, 0.25) is 0 Å². The average Bonchev–Trinajstić information content (AvgIpc) is 3.23. The molecule has 4 rings (SSSR count). The standard InChI is InChI=1S/C20H18F5N5O/c1-10(20(31)26-18-16(24)14(22)13(21)15(23)17(18)25)29-8-5-11(6-9-29)19-28-27-12-4-2-3-7-30(12)19/h2-4,7,10-11H,5-6,8-9H2,1H3,(H,26,31). The predicted octanol–water partition coefficient (Wildman–Crippen LogP) is 3.63. The van der Waals surface area contributed by atoms with Crippen LogP contribution in [0.5, 0.6) is 0 Å². The monoisotopic (exact) mass is 439 g/mol. The number of amides is 1. The third kappa shape index (κ3) is 3.73. The maximum absolute atomic E-state index is 13.8. The number of nitrogens with zero attached hydrogens (tertiary/aromatic N) is 4. The molecule has 6 nitrogen and oxygen atoms in total. The first kappa shape index (κ1) is 21.2. The summed E-state index contributed by atoms with van der Waals surface area (Å²) in [4.78, 5) is 14.2. The fourth-order valence-electron chi connectivity index (χ4n) is 3.79. The summed E-state index contributed by atoms with van der Waals surface area (Å²) in [7, 11) is 0. The molecule has 1 amide bonds. The number of hydrogen-bond donors (Lipinski definition) is 1. The molecule has 1 N–H and O–H groups in total. The van der Waals surface area contributed by atoms with Gasteiger partial charge in [0, 0.05) is 12.1 Å². The second kappa shape index (κ2) is 8.22. The largest absolute Gasteiger partial charge is 0.320 e. The molecular formula is C20H18F5N5O. The Balaban J connectivity index is 1.43. The quantitative estimate of drug-likeness (QED) is 0.383. The van der Waals surface area contributed by atoms with E-state index in [1.807, 2.05) is 34.1 Å². The van der Waals surface area contributed by atoms with E-state index < -0.39 is 46.7 Å². The molecule has 0 radical (unpaired) electrons. The number of carbonyl (C=O) groups excluding carboxylic acids is 1. The highest BCUT2D eigenvalue weighted by molar-refractivity contribution is 5.94. The zero-order valence-corrected chi connectivity index (χ0v) is 16.4. The number of rotatable bonds is 4. The van der Waals surface area contributed by atoms with Crippen molar-refractivity contribution < 1.29 is 26.7 Å². The number of nitrogens with one attached hydrogen (secondary N) is 1. The summed E-state index contributed by atoms with van der Waals surface area (Å²) in [5.41, 5.74) is -0.617. The minimum Gasteiger partial charge on any atom is -0.320 e. The van der Waals surface area contributed by atoms with Crippen molar-refractivity contribution in [3.05, 3.63) is 59.3 Å². The van der Waals surface area contributed by atoms with Gasteiger partial charge in [0.15, 0.2) is 28.9 Å². The predicted molar refractivity (Wildman–Crippen MR) is 101 cm³/mol. The lowest BCUT2D eigenvalue weighted by molar-refractivity contribution is -0.121. The Morgan fingerprint density at radius 2 is 1.61 bits per heavy atom. The number of piperidine rings is 1. The third-order valence-electron chi connectivity index (χ3n) is 5.62. The summed E-state index contributed by atoms with van der Waals surface area (Å²) in [6, 6.07) is 4.74. The number of hydrogen-bond acceptors (Lipinski definition) is 4. The highest BCUT2D eigenvalue weighted by Gasteiger charge is 2.32. The summed E-state index contributed by atoms with van der Waals surface area (Å²) in [5.74, 6) is -10.6. The molecule has 31 heavy (non-hydrogen) atoms. The molecule has 1 atom stereocenters. The van der Waals surface area contributed by atoms with Crippen LogP contribution in [0.4, 0.5) is 27.6 Å². The van der Waals surface area contributed by atoms with Crippen LogP contribution in [0.1, 0.15) is 31.5 Å². The second-order valence-electron chi connectivity index (χ2n) is 7.41. The van der Waals surface area contributed by atoms with E-state index in [2.05, 4.69) is 10.2 Å². The van der Waals surface area contributed by atoms with Crippen molar-refractivity contribution in [2.24, 2.45) is 0 Å². The zero-order valence-electron chi connectivity index (χ0n) is 16.4. The number of halogens is 5. The van der Waals surface area contributed by atoms with E-state index in [9.17, 15) is 26.7 Å². The SMILES string of the molecule is CC(C(=O)Nc1c(F)c(F)c(F)c(F)c1F)N1CCC(c2nnc3ccccn23)CC1. The molecular weight excluding hydrogens is 421 g/mol. The lowest BCUT2D eigenvalue weighted by Crippen LogP contribution is -2.46. The van der Waals surface area contributed by atoms with Crippen molar-refractivity contribution in [1.82, 2.24) is 19.5 Å². The van der Waals surface area contributed by atoms with Crippen LogP contribution < -0.4 is 5.32 Å². The third-order valence-corrected chi connectivity index (χ3v) is 5.62. The molecule has 0 saturated carbocycles. The number of benzene rings is 1. The minimum absolute atomic E-state index is 0.110. The van der Waals surface area contributed by atoms with Crippen molar-refractivity contribution in [3.8, 4) is 0 Å². The molecule has 0 bridgehead atoms. The van der Waals surface area contributed by atoms with Crippen molar-refractivity contribution in [3.63, 3.8) is 0 Å². The summed E-state index contributed by atoms with van der Waals surface area (Å²) in [6.45, 7) is 2.48. The molecule has 2 aromatic heterocycles. The summed E-state index contributed by atoms with van der Waals surface area (Å²) >= 11 is 0. The van der Waals surface area contributed by atoms with Gasteiger partial charge in [-0.15, -0.1) is 10.2 Å². The van der Waals surface area contributed by atoms with Crippen LogP contribution in [0, 0.1) is 29.1 Å². The Kier molecular flexibility index (Phi) is 5.61. The zero-order chi connectivity index (χ0) is 22.3. The van der Waals surface area contributed by atoms with Gasteiger partial charge >= 0.3 is 0 Å². The van der Waals surface area contributed by atoms with Gasteiger partial charge in [0.05, 0.1) is 6.04 Å². The van der Waals surface area contributed by atoms with Gasteiger partial charge in [-0.3, -0.25) is 14.1 Å². The second-order valence-corrected chi connectivity index (χ2v) is 7.41. The number of likely N-dealkylation sites (tertiary alicyclic amines) is 1. The van der Waals surface area contributed by atoms with Crippen LogP contribution in [0.15, 0.2) is 24.4 Å². The smallest absolute Gasteiger partial charge is 0.241 e. The minimum atomic E-state index is -2.27. The van der Waals surface area contributed by atoms with Gasteiger partial charge in [-0.25, -0.2) is 22.0 Å². The van der Waals surface area contributed by atoms with E-state index in [0.717, 1.165) is 11.5 Å². The summed E-state index contributed by atoms with van der Waals surface area (Å²) < 4.78 is 69.5. The van der Waals surface area contributed by atoms with Crippen LogP contribution in [0.25, 0.3) is 5.65 Å². The van der Waals surface area contributed by atoms with Gasteiger partial charge in [0.25, 0.3) is 0 Å². The van der Waals surface area contributed by atoms with Crippen molar-refractivity contribution in [2.45, 2.75) is 31.7 Å². The van der Waals surface area contributed by atoms with Gasteiger partial charge in [0.1, 0.15) is 11.5 Å². The molecule has 0 aliphatic carbocycles. The van der Waals surface area contributed by atoms with Crippen molar-refractivity contribution in [2.75, 3.05) is 18.4 Å². The van der Waals surface area contributed by atoms with Gasteiger partial charge in [-0.05, 0) is 45.0 Å². The average molecular weight is 439 g/mol. The van der Waals surface area contributed by atoms with E-state index in [0.29, 0.717) is 25.9 Å². The highest BCUT2D eigenvalue weighted by atomic mass is 19.2. The fraction of sp³-hybridized carbons (Fsp3) is 0.350. The molecule has 164 valence electrons. The lowest BCUT2D eigenvalue weighted by Gasteiger charge is -2.34. The number of pyridine rings is 1. The maximum atomic E-state index is 13.8. The summed E-state index contributed by atoms with van der Waals surface area (Å²) in [5, 5.41) is 10.2. The first-order chi connectivity index (χ1) is 14.8. The van der Waals surface area contributed by atoms with Gasteiger partial charge in [0.2, 0.25) is 11.7 Å². The van der Waals surface area contributed by atoms with Crippen molar-refractivity contribution >= 4 is 17.2 Å². The van der Waals surface area contributed by atoms with Crippen LogP contribution in [0.3, 0.4) is 0 Å². The van der Waals surface area contributed by atoms with Gasteiger partial charge in [-0.2, -0.15) is 0 Å². The normalized spacial score (nSPS) is 16.6. The highest BCUT2D eigenvalue weighted by Crippen LogP contribution is 2.30. The van der Waals surface area contributed by atoms with Gasteiger partial charge < -0.3 is 5.32 Å². The Bertz CT molecular complexity index is 1110. The van der Waals surface area contributed by atoms with E-state index in [-0.39, 0.29) is 5.92 Å². The first-order valence-electron chi connectivity index (χ1n) is 9.65. The van der Waals surface area contributed by atoms with Gasteiger partial charge in [-0.1, -0.05) is 6.07 Å². The van der Waals surface area contributed by atoms with Crippen molar-refractivity contribution in [1.29, 1.82) is 0 Å². The molecule has 1 saturated heterocycles. The maximum Gasteiger partial charge on any atom is 0.241 e. The molecule has 1 aromatic carbocycles. The molecule has 0 spiro atoms. The first-order valence-corrected chi connectivity index (χ1v) is 9.65. The number of aromatic nitrogens is 3. The van der Waals surface area contributed by atoms with Crippen LogP contribution in [-0.2, 0) is 4.79 Å². The number of fused-ring (bicyclic) bond motifs is 1. The molecule has 3 heterocycles. The number of anilines is 1. The fourth-order valence-corrected chi connectivity index (χ4v) is 3.79. The Morgan fingerprint density at radius 1 is 1.00 bits per heavy atom. The lowest BCUT2D eigenvalue weighted by atomic mass is 9.95. The molecule has 3 aromatic rings. The summed E-state index contributed by atoms with van der Waals surface area (Å²) in [6.07, 6.45) is 3.20. The molecule has 1 aliphatic rings. The number of carbonyl (C=O) groups is 1. The van der Waals surface area contributed by atoms with Crippen LogP contribution in [-0.4, -0.2) is 44.5 Å². The Hall–Kier alpha value is -3.08. The van der Waals surface area contributed by atoms with Crippen LogP contribution >= 0.6 is 0 Å². The Morgan fingerprint density at radius 3 is 2.26 bits per heavy atom. The molecule has 11 heteroatoms. The van der Waals surface area contributed by atoms with E-state index in [1.165, 1.54) is 6.92 Å². The molecule has 1 fully saturated rings.